The number of amides is 1. The Morgan fingerprint density at radius 3 is 2.92 bits per heavy atom. The molecule has 24 heavy (non-hydrogen) atoms. The van der Waals surface area contributed by atoms with Crippen molar-refractivity contribution in [3.63, 3.8) is 0 Å². The van der Waals surface area contributed by atoms with Crippen LogP contribution in [0.5, 0.6) is 0 Å². The number of aromatic nitrogens is 2. The molecule has 2 aromatic rings. The fourth-order valence-electron chi connectivity index (χ4n) is 2.90. The molecule has 126 valence electrons. The monoisotopic (exact) mass is 349 g/mol. The fraction of sp³-hybridized carbons (Fsp3) is 0.333. The summed E-state index contributed by atoms with van der Waals surface area (Å²) >= 11 is 6.26. The molecule has 1 saturated heterocycles. The third-order valence-electron chi connectivity index (χ3n) is 4.07. The molecule has 1 aliphatic heterocycles. The van der Waals surface area contributed by atoms with Gasteiger partial charge in [0.15, 0.2) is 0 Å². The Hall–Kier alpha value is -2.45. The maximum atomic E-state index is 12.9. The van der Waals surface area contributed by atoms with Gasteiger partial charge in [0, 0.05) is 24.7 Å². The van der Waals surface area contributed by atoms with E-state index in [4.69, 9.17) is 11.6 Å². The van der Waals surface area contributed by atoms with Crippen LogP contribution in [0.15, 0.2) is 24.3 Å². The number of nitrogens with one attached hydrogen (secondary N) is 2. The van der Waals surface area contributed by atoms with Gasteiger partial charge in [-0.15, -0.1) is 0 Å². The van der Waals surface area contributed by atoms with Crippen LogP contribution in [-0.4, -0.2) is 45.6 Å². The summed E-state index contributed by atoms with van der Waals surface area (Å²) in [4.78, 5) is 25.1. The van der Waals surface area contributed by atoms with E-state index in [1.54, 1.807) is 11.0 Å². The molecule has 2 N–H and O–H groups in total. The van der Waals surface area contributed by atoms with Crippen LogP contribution < -0.4 is 5.32 Å². The summed E-state index contributed by atoms with van der Waals surface area (Å²) in [5.41, 5.74) is 0.607. The number of benzene rings is 1. The average Bonchev–Trinajstić information content (AvgIpc) is 2.96. The number of piperazine rings is 1. The molecule has 9 heteroatoms. The van der Waals surface area contributed by atoms with E-state index in [9.17, 15) is 14.9 Å². The SMILES string of the molecule is Cc1[nH]nc(C(=O)N2CCNCC2c2ccccc2Cl)c1[N+](=O)[O-]. The minimum atomic E-state index is -0.585. The number of aromatic amines is 1. The van der Waals surface area contributed by atoms with Gasteiger partial charge in [0.05, 0.1) is 11.0 Å². The minimum absolute atomic E-state index is 0.170. The molecule has 1 aliphatic rings. The van der Waals surface area contributed by atoms with Gasteiger partial charge in [-0.25, -0.2) is 0 Å². The van der Waals surface area contributed by atoms with Crippen LogP contribution in [0, 0.1) is 17.0 Å². The van der Waals surface area contributed by atoms with Gasteiger partial charge < -0.3 is 10.2 Å². The molecule has 0 aliphatic carbocycles. The summed E-state index contributed by atoms with van der Waals surface area (Å²) in [5, 5.41) is 21.4. The van der Waals surface area contributed by atoms with Gasteiger partial charge in [-0.1, -0.05) is 29.8 Å². The Kier molecular flexibility index (Phi) is 4.50. The Morgan fingerprint density at radius 2 is 2.21 bits per heavy atom. The van der Waals surface area contributed by atoms with Gasteiger partial charge >= 0.3 is 5.69 Å². The van der Waals surface area contributed by atoms with E-state index in [-0.39, 0.29) is 23.1 Å². The lowest BCUT2D eigenvalue weighted by atomic mass is 10.0. The van der Waals surface area contributed by atoms with Gasteiger partial charge in [-0.3, -0.25) is 20.0 Å². The molecule has 1 aromatic heterocycles. The molecule has 1 aromatic carbocycles. The highest BCUT2D eigenvalue weighted by molar-refractivity contribution is 6.31. The van der Waals surface area contributed by atoms with Crippen LogP contribution >= 0.6 is 11.6 Å². The zero-order valence-electron chi connectivity index (χ0n) is 13.0. The molecule has 1 unspecified atom stereocenters. The summed E-state index contributed by atoms with van der Waals surface area (Å²) in [5.74, 6) is -0.475. The van der Waals surface area contributed by atoms with Crippen molar-refractivity contribution in [3.8, 4) is 0 Å². The summed E-state index contributed by atoms with van der Waals surface area (Å²) < 4.78 is 0. The van der Waals surface area contributed by atoms with E-state index < -0.39 is 10.8 Å². The lowest BCUT2D eigenvalue weighted by Crippen LogP contribution is -2.49. The zero-order valence-corrected chi connectivity index (χ0v) is 13.7. The Morgan fingerprint density at radius 1 is 1.46 bits per heavy atom. The summed E-state index contributed by atoms with van der Waals surface area (Å²) in [7, 11) is 0. The number of nitrogens with zero attached hydrogens (tertiary/aromatic N) is 3. The average molecular weight is 350 g/mol. The number of aryl methyl sites for hydroxylation is 1. The molecule has 1 fully saturated rings. The van der Waals surface area contributed by atoms with Crippen LogP contribution in [0.25, 0.3) is 0 Å². The lowest BCUT2D eigenvalue weighted by Gasteiger charge is -2.36. The van der Waals surface area contributed by atoms with Crippen molar-refractivity contribution < 1.29 is 9.72 Å². The largest absolute Gasteiger partial charge is 0.327 e. The summed E-state index contributed by atoms with van der Waals surface area (Å²) in [6.45, 7) is 3.06. The molecule has 1 atom stereocenters. The van der Waals surface area contributed by atoms with Crippen molar-refractivity contribution in [2.75, 3.05) is 19.6 Å². The second-order valence-electron chi connectivity index (χ2n) is 5.54. The number of carbonyl (C=O) groups excluding carboxylic acids is 1. The van der Waals surface area contributed by atoms with E-state index in [0.717, 1.165) is 5.56 Å². The number of rotatable bonds is 3. The number of H-pyrrole nitrogens is 1. The molecule has 1 amide bonds. The van der Waals surface area contributed by atoms with Crippen LogP contribution in [0.1, 0.15) is 27.8 Å². The highest BCUT2D eigenvalue weighted by Crippen LogP contribution is 2.31. The van der Waals surface area contributed by atoms with Crippen molar-refractivity contribution >= 4 is 23.2 Å². The molecule has 2 heterocycles. The first-order valence-electron chi connectivity index (χ1n) is 7.46. The van der Waals surface area contributed by atoms with Gasteiger partial charge in [0.1, 0.15) is 5.69 Å². The first-order chi connectivity index (χ1) is 11.5. The Labute approximate surface area is 142 Å². The Bertz CT molecular complexity index is 791. The summed E-state index contributed by atoms with van der Waals surface area (Å²) in [6.07, 6.45) is 0. The summed E-state index contributed by atoms with van der Waals surface area (Å²) in [6, 6.07) is 6.96. The maximum Gasteiger partial charge on any atom is 0.322 e. The van der Waals surface area contributed by atoms with E-state index in [1.807, 2.05) is 18.2 Å². The second-order valence-corrected chi connectivity index (χ2v) is 5.95. The third kappa shape index (κ3) is 2.85. The second kappa shape index (κ2) is 6.58. The predicted octanol–water partition coefficient (Wildman–Crippen LogP) is 2.07. The fourth-order valence-corrected chi connectivity index (χ4v) is 3.16. The van der Waals surface area contributed by atoms with Gasteiger partial charge in [0.2, 0.25) is 5.69 Å². The van der Waals surface area contributed by atoms with Crippen molar-refractivity contribution in [3.05, 3.63) is 56.4 Å². The molecule has 0 saturated carbocycles. The van der Waals surface area contributed by atoms with Crippen molar-refractivity contribution in [1.82, 2.24) is 20.4 Å². The molecular formula is C15H16ClN5O3. The number of hydrogen-bond acceptors (Lipinski definition) is 5. The van der Waals surface area contributed by atoms with Gasteiger partial charge in [0.25, 0.3) is 5.91 Å². The first-order valence-corrected chi connectivity index (χ1v) is 7.84. The predicted molar refractivity (Wildman–Crippen MR) is 88.1 cm³/mol. The maximum absolute atomic E-state index is 12.9. The molecular weight excluding hydrogens is 334 g/mol. The van der Waals surface area contributed by atoms with Crippen molar-refractivity contribution in [2.24, 2.45) is 0 Å². The standard InChI is InChI=1S/C15H16ClN5O3/c1-9-14(21(23)24)13(19-18-9)15(22)20-7-6-17-8-12(20)10-4-2-3-5-11(10)16/h2-5,12,17H,6-8H2,1H3,(H,18,19). The molecule has 3 rings (SSSR count). The van der Waals surface area contributed by atoms with E-state index in [2.05, 4.69) is 15.5 Å². The van der Waals surface area contributed by atoms with Crippen LogP contribution in [0.3, 0.4) is 0 Å². The van der Waals surface area contributed by atoms with E-state index >= 15 is 0 Å². The van der Waals surface area contributed by atoms with E-state index in [1.165, 1.54) is 6.92 Å². The topological polar surface area (TPSA) is 104 Å². The van der Waals surface area contributed by atoms with Crippen molar-refractivity contribution in [2.45, 2.75) is 13.0 Å². The third-order valence-corrected chi connectivity index (χ3v) is 4.41. The smallest absolute Gasteiger partial charge is 0.322 e. The van der Waals surface area contributed by atoms with Crippen LogP contribution in [0.4, 0.5) is 5.69 Å². The van der Waals surface area contributed by atoms with Crippen molar-refractivity contribution in [1.29, 1.82) is 0 Å². The number of halogens is 1. The Balaban J connectivity index is 1.98. The van der Waals surface area contributed by atoms with Crippen LogP contribution in [-0.2, 0) is 0 Å². The first kappa shape index (κ1) is 16.4. The molecule has 0 bridgehead atoms. The van der Waals surface area contributed by atoms with Gasteiger partial charge in [-0.05, 0) is 18.6 Å². The molecule has 0 spiro atoms. The minimum Gasteiger partial charge on any atom is -0.327 e. The lowest BCUT2D eigenvalue weighted by molar-refractivity contribution is -0.385. The quantitative estimate of drug-likeness (QED) is 0.652. The number of hydrogen-bond donors (Lipinski definition) is 2. The normalized spacial score (nSPS) is 17.8. The van der Waals surface area contributed by atoms with Gasteiger partial charge in [-0.2, -0.15) is 5.10 Å². The highest BCUT2D eigenvalue weighted by atomic mass is 35.5. The zero-order chi connectivity index (χ0) is 17.3. The van der Waals surface area contributed by atoms with Crippen LogP contribution in [0.2, 0.25) is 5.02 Å². The number of nitro groups is 1. The molecule has 8 nitrogen and oxygen atoms in total. The highest BCUT2D eigenvalue weighted by Gasteiger charge is 2.35. The number of carbonyl (C=O) groups is 1. The molecule has 0 radical (unpaired) electrons. The van der Waals surface area contributed by atoms with E-state index in [0.29, 0.717) is 24.7 Å².